The number of methoxy groups -OCH3 is 1. The molecule has 0 aromatic heterocycles. The molecule has 0 saturated carbocycles. The molecule has 228 valence electrons. The highest BCUT2D eigenvalue weighted by atomic mass is 16.5. The topological polar surface area (TPSA) is 171 Å². The number of carbonyl (C=O) groups is 4. The highest BCUT2D eigenvalue weighted by molar-refractivity contribution is 6.27. The molecule has 3 aromatic carbocycles. The maximum atomic E-state index is 14.0. The number of alkyl carbamates (subject to hydrolysis) is 1. The van der Waals surface area contributed by atoms with E-state index < -0.39 is 48.0 Å². The van der Waals surface area contributed by atoms with Crippen LogP contribution < -0.4 is 10.6 Å². The number of hydrogen-bond acceptors (Lipinski definition) is 6. The number of amides is 3. The third-order valence-electron chi connectivity index (χ3n) is 7.34. The number of carboxylic acid groups (broad SMARTS) is 1. The van der Waals surface area contributed by atoms with Crippen LogP contribution in [0.15, 0.2) is 84.9 Å². The van der Waals surface area contributed by atoms with E-state index in [2.05, 4.69) is 15.4 Å². The van der Waals surface area contributed by atoms with Gasteiger partial charge in [0.05, 0.1) is 26.3 Å². The molecule has 44 heavy (non-hydrogen) atoms. The molecule has 0 radical (unpaired) electrons. The van der Waals surface area contributed by atoms with Crippen molar-refractivity contribution in [3.63, 3.8) is 0 Å². The summed E-state index contributed by atoms with van der Waals surface area (Å²) in [7, 11) is 1.23. The van der Waals surface area contributed by atoms with Crippen LogP contribution in [0.3, 0.4) is 0 Å². The molecule has 1 aliphatic heterocycles. The first-order chi connectivity index (χ1) is 21.3. The Morgan fingerprint density at radius 3 is 2.20 bits per heavy atom. The number of carbonyl (C=O) groups excluding carboxylic acids is 3. The predicted molar refractivity (Wildman–Crippen MR) is 160 cm³/mol. The lowest BCUT2D eigenvalue weighted by molar-refractivity contribution is -0.139. The van der Waals surface area contributed by atoms with Gasteiger partial charge in [0.1, 0.15) is 12.1 Å². The van der Waals surface area contributed by atoms with Crippen LogP contribution in [0.4, 0.5) is 15.3 Å². The van der Waals surface area contributed by atoms with Crippen LogP contribution in [0, 0.1) is 0 Å². The number of nitrogens with zero attached hydrogens (tertiary/aromatic N) is 3. The zero-order valence-corrected chi connectivity index (χ0v) is 24.0. The van der Waals surface area contributed by atoms with Crippen LogP contribution in [0.2, 0.25) is 0 Å². The molecular weight excluding hydrogens is 566 g/mol. The SMILES string of the molecule is COC(=O)N[C@H](C(=O)Nc1ccccc1CC[C@@H]1CN(C(=O)O)C[C@@H](C(=O)C=[N+]=[N-])O1)C(c1ccccc1)c1ccccc1. The van der Waals surface area contributed by atoms with E-state index in [1.807, 2.05) is 66.7 Å². The Kier molecular flexibility index (Phi) is 10.9. The Labute approximate surface area is 254 Å². The number of ether oxygens (including phenoxy) is 2. The van der Waals surface area contributed by atoms with Gasteiger partial charge in [-0.25, -0.2) is 9.59 Å². The second-order valence-electron chi connectivity index (χ2n) is 10.2. The number of Topliss-reactive ketones (excluding diaryl/α,β-unsaturated/α-hetero) is 1. The van der Waals surface area contributed by atoms with Crippen LogP contribution in [-0.4, -0.2) is 83.3 Å². The maximum Gasteiger partial charge on any atom is 0.407 e. The number of ketones is 1. The Morgan fingerprint density at radius 1 is 1.00 bits per heavy atom. The van der Waals surface area contributed by atoms with E-state index in [4.69, 9.17) is 15.0 Å². The molecule has 1 heterocycles. The molecule has 0 aliphatic carbocycles. The summed E-state index contributed by atoms with van der Waals surface area (Å²) in [4.78, 5) is 54.2. The molecular formula is C32H33N5O7. The van der Waals surface area contributed by atoms with Crippen molar-refractivity contribution >= 4 is 35.8 Å². The summed E-state index contributed by atoms with van der Waals surface area (Å²) in [6.45, 7) is -0.132. The smallest absolute Gasteiger partial charge is 0.407 e. The van der Waals surface area contributed by atoms with Crippen molar-refractivity contribution in [1.29, 1.82) is 0 Å². The number of morpholine rings is 1. The third-order valence-corrected chi connectivity index (χ3v) is 7.34. The first-order valence-corrected chi connectivity index (χ1v) is 14.0. The lowest BCUT2D eigenvalue weighted by Gasteiger charge is -2.35. The summed E-state index contributed by atoms with van der Waals surface area (Å²) in [6, 6.07) is 24.8. The minimum Gasteiger partial charge on any atom is -0.465 e. The van der Waals surface area contributed by atoms with E-state index in [1.165, 1.54) is 7.11 Å². The number of benzene rings is 3. The first-order valence-electron chi connectivity index (χ1n) is 14.0. The van der Waals surface area contributed by atoms with E-state index in [9.17, 15) is 24.3 Å². The van der Waals surface area contributed by atoms with Crippen molar-refractivity contribution < 1.29 is 38.5 Å². The van der Waals surface area contributed by atoms with Gasteiger partial charge in [0.2, 0.25) is 5.91 Å². The molecule has 3 amide bonds. The third kappa shape index (κ3) is 8.15. The van der Waals surface area contributed by atoms with Gasteiger partial charge in [-0.15, -0.1) is 0 Å². The van der Waals surface area contributed by atoms with Crippen molar-refractivity contribution in [2.45, 2.75) is 37.0 Å². The largest absolute Gasteiger partial charge is 0.465 e. The van der Waals surface area contributed by atoms with Crippen LogP contribution in [-0.2, 0) is 25.5 Å². The molecule has 12 nitrogen and oxygen atoms in total. The summed E-state index contributed by atoms with van der Waals surface area (Å²) in [5, 5.41) is 15.2. The van der Waals surface area contributed by atoms with Crippen molar-refractivity contribution in [3.8, 4) is 0 Å². The van der Waals surface area contributed by atoms with Crippen molar-refractivity contribution in [2.75, 3.05) is 25.5 Å². The molecule has 0 bridgehead atoms. The lowest BCUT2D eigenvalue weighted by Crippen LogP contribution is -2.52. The van der Waals surface area contributed by atoms with E-state index >= 15 is 0 Å². The van der Waals surface area contributed by atoms with Crippen molar-refractivity contribution in [2.24, 2.45) is 0 Å². The normalized spacial score (nSPS) is 16.7. The number of nitrogens with one attached hydrogen (secondary N) is 2. The first kappa shape index (κ1) is 31.6. The zero-order chi connectivity index (χ0) is 31.5. The summed E-state index contributed by atoms with van der Waals surface area (Å²) >= 11 is 0. The van der Waals surface area contributed by atoms with E-state index in [0.29, 0.717) is 24.7 Å². The molecule has 1 saturated heterocycles. The van der Waals surface area contributed by atoms with E-state index in [1.54, 1.807) is 18.2 Å². The number of rotatable bonds is 11. The molecule has 1 aliphatic rings. The second-order valence-corrected chi connectivity index (χ2v) is 10.2. The fourth-order valence-electron chi connectivity index (χ4n) is 5.22. The monoisotopic (exact) mass is 599 g/mol. The van der Waals surface area contributed by atoms with Gasteiger partial charge in [-0.3, -0.25) is 9.59 Å². The average Bonchev–Trinajstić information content (AvgIpc) is 3.04. The van der Waals surface area contributed by atoms with Gasteiger partial charge in [-0.1, -0.05) is 78.9 Å². The number of hydrogen-bond donors (Lipinski definition) is 3. The van der Waals surface area contributed by atoms with Gasteiger partial charge in [-0.2, -0.15) is 4.79 Å². The van der Waals surface area contributed by atoms with Gasteiger partial charge in [-0.05, 0) is 35.6 Å². The molecule has 1 fully saturated rings. The zero-order valence-electron chi connectivity index (χ0n) is 24.0. The number of para-hydroxylation sites is 1. The highest BCUT2D eigenvalue weighted by Crippen LogP contribution is 2.30. The fourth-order valence-corrected chi connectivity index (χ4v) is 5.22. The van der Waals surface area contributed by atoms with Crippen LogP contribution in [0.5, 0.6) is 0 Å². The Bertz CT molecular complexity index is 1470. The lowest BCUT2D eigenvalue weighted by atomic mass is 9.84. The number of aryl methyl sites for hydroxylation is 1. The van der Waals surface area contributed by atoms with Crippen LogP contribution in [0.1, 0.15) is 29.0 Å². The maximum absolute atomic E-state index is 14.0. The molecule has 12 heteroatoms. The fraction of sp³-hybridized carbons (Fsp3) is 0.281. The van der Waals surface area contributed by atoms with Crippen molar-refractivity contribution in [3.05, 3.63) is 107 Å². The van der Waals surface area contributed by atoms with Gasteiger partial charge >= 0.3 is 18.4 Å². The van der Waals surface area contributed by atoms with E-state index in [-0.39, 0.29) is 13.1 Å². The minimum atomic E-state index is -1.19. The quantitative estimate of drug-likeness (QED) is 0.171. The molecule has 0 spiro atoms. The Hall–Kier alpha value is -5.32. The summed E-state index contributed by atoms with van der Waals surface area (Å²) in [5.41, 5.74) is 11.6. The summed E-state index contributed by atoms with van der Waals surface area (Å²) in [6.07, 6.45) is -2.29. The summed E-state index contributed by atoms with van der Waals surface area (Å²) in [5.74, 6) is -1.66. The van der Waals surface area contributed by atoms with Gasteiger partial charge < -0.3 is 35.6 Å². The molecule has 3 aromatic rings. The van der Waals surface area contributed by atoms with Gasteiger partial charge in [0.15, 0.2) is 0 Å². The standard InChI is InChI=1S/C32H33N5O7/c1-43-31(40)36-29(28(22-11-4-2-5-12-22)23-13-6-3-7-14-23)30(39)35-25-15-9-8-10-21(25)16-17-24-19-37(32(41)42)20-27(44-24)26(38)18-34-33/h2-15,18,24,27-29H,16-17,19-20H2,1H3,(H,35,39)(H,36,40)(H,41,42)/t24-,27+,29+/m1/s1. The number of anilines is 1. The molecule has 3 atom stereocenters. The van der Waals surface area contributed by atoms with Crippen LogP contribution >= 0.6 is 0 Å². The predicted octanol–water partition coefficient (Wildman–Crippen LogP) is 3.73. The molecule has 3 N–H and O–H groups in total. The summed E-state index contributed by atoms with van der Waals surface area (Å²) < 4.78 is 10.7. The van der Waals surface area contributed by atoms with E-state index in [0.717, 1.165) is 21.6 Å². The molecule has 0 unspecified atom stereocenters. The van der Waals surface area contributed by atoms with Crippen molar-refractivity contribution in [1.82, 2.24) is 10.2 Å². The average molecular weight is 600 g/mol. The Morgan fingerprint density at radius 2 is 1.61 bits per heavy atom. The Balaban J connectivity index is 1.57. The minimum absolute atomic E-state index is 0.0465. The highest BCUT2D eigenvalue weighted by Gasteiger charge is 2.36. The molecule has 4 rings (SSSR count). The van der Waals surface area contributed by atoms with Gasteiger partial charge in [0, 0.05) is 11.6 Å². The second kappa shape index (κ2) is 15.2. The van der Waals surface area contributed by atoms with Crippen LogP contribution in [0.25, 0.3) is 5.53 Å². The van der Waals surface area contributed by atoms with Gasteiger partial charge in [0.25, 0.3) is 5.78 Å².